The summed E-state index contributed by atoms with van der Waals surface area (Å²) in [5, 5.41) is 6.96. The first-order valence-corrected chi connectivity index (χ1v) is 6.32. The number of methoxy groups -OCH3 is 2. The number of nitrogens with one attached hydrogen (secondary N) is 1. The molecule has 1 aromatic heterocycles. The molecular formula is C14H19N3O3. The van der Waals surface area contributed by atoms with Crippen molar-refractivity contribution in [1.82, 2.24) is 10.2 Å². The largest absolute Gasteiger partial charge is 0.493 e. The van der Waals surface area contributed by atoms with E-state index in [1.165, 1.54) is 0 Å². The van der Waals surface area contributed by atoms with E-state index in [0.717, 1.165) is 16.8 Å². The van der Waals surface area contributed by atoms with Crippen LogP contribution < -0.4 is 15.2 Å². The average molecular weight is 277 g/mol. The van der Waals surface area contributed by atoms with Gasteiger partial charge in [-0.1, -0.05) is 0 Å². The minimum absolute atomic E-state index is 0.431. The Morgan fingerprint density at radius 3 is 2.75 bits per heavy atom. The predicted octanol–water partition coefficient (Wildman–Crippen LogP) is 1.57. The molecule has 108 valence electrons. The smallest absolute Gasteiger partial charge is 0.161 e. The second kappa shape index (κ2) is 6.93. The number of benzene rings is 1. The minimum Gasteiger partial charge on any atom is -0.493 e. The number of aromatic nitrogens is 2. The van der Waals surface area contributed by atoms with Crippen LogP contribution in [0.2, 0.25) is 0 Å². The zero-order valence-corrected chi connectivity index (χ0v) is 11.7. The minimum atomic E-state index is 0.431. The Morgan fingerprint density at radius 1 is 1.20 bits per heavy atom. The molecule has 0 saturated heterocycles. The van der Waals surface area contributed by atoms with Crippen molar-refractivity contribution < 1.29 is 14.2 Å². The van der Waals surface area contributed by atoms with Gasteiger partial charge in [0.15, 0.2) is 11.5 Å². The first-order chi connectivity index (χ1) is 9.80. The number of rotatable bonds is 7. The number of H-pyrrole nitrogens is 1. The summed E-state index contributed by atoms with van der Waals surface area (Å²) in [4.78, 5) is 0. The molecule has 0 aliphatic rings. The summed E-state index contributed by atoms with van der Waals surface area (Å²) in [6.07, 6.45) is 1.73. The maximum absolute atomic E-state index is 5.68. The zero-order chi connectivity index (χ0) is 14.4. The highest BCUT2D eigenvalue weighted by atomic mass is 16.5. The van der Waals surface area contributed by atoms with Crippen LogP contribution in [0.25, 0.3) is 11.3 Å². The number of hydrogen-bond donors (Lipinski definition) is 2. The van der Waals surface area contributed by atoms with Crippen molar-refractivity contribution in [1.29, 1.82) is 0 Å². The normalized spacial score (nSPS) is 10.6. The van der Waals surface area contributed by atoms with Gasteiger partial charge in [-0.3, -0.25) is 5.10 Å². The molecule has 2 aromatic rings. The van der Waals surface area contributed by atoms with Gasteiger partial charge in [-0.2, -0.15) is 5.10 Å². The lowest BCUT2D eigenvalue weighted by Gasteiger charge is -2.12. The highest BCUT2D eigenvalue weighted by Crippen LogP contribution is 2.32. The fourth-order valence-electron chi connectivity index (χ4n) is 1.89. The second-order valence-electron chi connectivity index (χ2n) is 4.18. The van der Waals surface area contributed by atoms with E-state index >= 15 is 0 Å². The van der Waals surface area contributed by atoms with E-state index in [1.54, 1.807) is 20.4 Å². The SMILES string of the molecule is COCCOc1ccc(-c2[nH]ncc2CN)cc1OC. The summed E-state index contributed by atoms with van der Waals surface area (Å²) in [6, 6.07) is 5.71. The van der Waals surface area contributed by atoms with Crippen molar-refractivity contribution in [2.24, 2.45) is 5.73 Å². The molecule has 1 heterocycles. The molecule has 0 aliphatic heterocycles. The lowest BCUT2D eigenvalue weighted by molar-refractivity contribution is 0.144. The highest BCUT2D eigenvalue weighted by molar-refractivity contribution is 5.66. The molecule has 0 amide bonds. The number of nitrogens with two attached hydrogens (primary N) is 1. The van der Waals surface area contributed by atoms with Crippen LogP contribution in [-0.2, 0) is 11.3 Å². The third-order valence-corrected chi connectivity index (χ3v) is 2.94. The van der Waals surface area contributed by atoms with E-state index in [9.17, 15) is 0 Å². The molecule has 2 rings (SSSR count). The van der Waals surface area contributed by atoms with E-state index in [-0.39, 0.29) is 0 Å². The first kappa shape index (κ1) is 14.4. The molecule has 1 aromatic carbocycles. The van der Waals surface area contributed by atoms with Gasteiger partial charge in [-0.25, -0.2) is 0 Å². The number of ether oxygens (including phenoxy) is 3. The molecule has 6 heteroatoms. The third-order valence-electron chi connectivity index (χ3n) is 2.94. The maximum Gasteiger partial charge on any atom is 0.161 e. The quantitative estimate of drug-likeness (QED) is 0.751. The number of nitrogens with zero attached hydrogens (tertiary/aromatic N) is 1. The highest BCUT2D eigenvalue weighted by Gasteiger charge is 2.11. The van der Waals surface area contributed by atoms with Crippen molar-refractivity contribution in [3.8, 4) is 22.8 Å². The van der Waals surface area contributed by atoms with Gasteiger partial charge in [-0.15, -0.1) is 0 Å². The fraction of sp³-hybridized carbons (Fsp3) is 0.357. The van der Waals surface area contributed by atoms with Crippen molar-refractivity contribution in [2.45, 2.75) is 6.54 Å². The molecule has 20 heavy (non-hydrogen) atoms. The topological polar surface area (TPSA) is 82.4 Å². The Balaban J connectivity index is 2.25. The second-order valence-corrected chi connectivity index (χ2v) is 4.18. The van der Waals surface area contributed by atoms with Crippen LogP contribution in [0.4, 0.5) is 0 Å². The molecule has 0 radical (unpaired) electrons. The Kier molecular flexibility index (Phi) is 4.97. The van der Waals surface area contributed by atoms with Gasteiger partial charge in [0.05, 0.1) is 25.6 Å². The summed E-state index contributed by atoms with van der Waals surface area (Å²) in [5.74, 6) is 1.35. The van der Waals surface area contributed by atoms with Crippen LogP contribution in [-0.4, -0.2) is 37.6 Å². The molecule has 0 aliphatic carbocycles. The molecule has 0 atom stereocenters. The molecule has 0 unspecified atom stereocenters. The third kappa shape index (κ3) is 3.09. The van der Waals surface area contributed by atoms with Crippen molar-refractivity contribution in [2.75, 3.05) is 27.4 Å². The fourth-order valence-corrected chi connectivity index (χ4v) is 1.89. The summed E-state index contributed by atoms with van der Waals surface area (Å²) in [5.41, 5.74) is 8.50. The van der Waals surface area contributed by atoms with E-state index in [2.05, 4.69) is 10.2 Å². The van der Waals surface area contributed by atoms with Gasteiger partial charge in [0.1, 0.15) is 6.61 Å². The van der Waals surface area contributed by atoms with Gasteiger partial charge in [0.25, 0.3) is 0 Å². The molecule has 0 saturated carbocycles. The summed E-state index contributed by atoms with van der Waals surface area (Å²) >= 11 is 0. The van der Waals surface area contributed by atoms with Crippen LogP contribution in [0.15, 0.2) is 24.4 Å². The van der Waals surface area contributed by atoms with E-state index in [4.69, 9.17) is 19.9 Å². The molecule has 0 spiro atoms. The lowest BCUT2D eigenvalue weighted by Crippen LogP contribution is -2.05. The summed E-state index contributed by atoms with van der Waals surface area (Å²) in [6.45, 7) is 1.44. The Labute approximate surface area is 117 Å². The van der Waals surface area contributed by atoms with E-state index in [0.29, 0.717) is 31.3 Å². The zero-order valence-electron chi connectivity index (χ0n) is 11.7. The Morgan fingerprint density at radius 2 is 2.05 bits per heavy atom. The Hall–Kier alpha value is -2.05. The van der Waals surface area contributed by atoms with Gasteiger partial charge in [-0.05, 0) is 18.2 Å². The van der Waals surface area contributed by atoms with E-state index in [1.807, 2.05) is 18.2 Å². The van der Waals surface area contributed by atoms with Crippen LogP contribution in [0.5, 0.6) is 11.5 Å². The van der Waals surface area contributed by atoms with Gasteiger partial charge >= 0.3 is 0 Å². The maximum atomic E-state index is 5.68. The van der Waals surface area contributed by atoms with Crippen LogP contribution in [0, 0.1) is 0 Å². The first-order valence-electron chi connectivity index (χ1n) is 6.32. The van der Waals surface area contributed by atoms with E-state index < -0.39 is 0 Å². The number of aromatic amines is 1. The van der Waals surface area contributed by atoms with Crippen molar-refractivity contribution in [3.63, 3.8) is 0 Å². The van der Waals surface area contributed by atoms with Crippen LogP contribution >= 0.6 is 0 Å². The average Bonchev–Trinajstić information content (AvgIpc) is 2.96. The molecular weight excluding hydrogens is 258 g/mol. The predicted molar refractivity (Wildman–Crippen MR) is 75.8 cm³/mol. The summed E-state index contributed by atoms with van der Waals surface area (Å²) < 4.78 is 15.9. The monoisotopic (exact) mass is 277 g/mol. The lowest BCUT2D eigenvalue weighted by atomic mass is 10.1. The van der Waals surface area contributed by atoms with Crippen molar-refractivity contribution in [3.05, 3.63) is 30.0 Å². The Bertz CT molecular complexity index is 554. The molecule has 0 bridgehead atoms. The van der Waals surface area contributed by atoms with Crippen LogP contribution in [0.1, 0.15) is 5.56 Å². The van der Waals surface area contributed by atoms with Crippen LogP contribution in [0.3, 0.4) is 0 Å². The molecule has 3 N–H and O–H groups in total. The summed E-state index contributed by atoms with van der Waals surface area (Å²) in [7, 11) is 3.25. The molecule has 6 nitrogen and oxygen atoms in total. The van der Waals surface area contributed by atoms with Crippen molar-refractivity contribution >= 4 is 0 Å². The van der Waals surface area contributed by atoms with Gasteiger partial charge in [0.2, 0.25) is 0 Å². The molecule has 0 fully saturated rings. The van der Waals surface area contributed by atoms with Gasteiger partial charge < -0.3 is 19.9 Å². The number of hydrogen-bond acceptors (Lipinski definition) is 5. The van der Waals surface area contributed by atoms with Gasteiger partial charge in [0, 0.05) is 24.8 Å². The standard InChI is InChI=1S/C14H19N3O3/c1-18-5-6-20-12-4-3-10(7-13(12)19-2)14-11(8-15)9-16-17-14/h3-4,7,9H,5-6,8,15H2,1-2H3,(H,16,17).